The molecule has 0 saturated carbocycles. The van der Waals surface area contributed by atoms with E-state index in [9.17, 15) is 32.8 Å². The van der Waals surface area contributed by atoms with Crippen molar-refractivity contribution in [1.82, 2.24) is 20.9 Å². The van der Waals surface area contributed by atoms with Gasteiger partial charge in [0.05, 0.1) is 24.3 Å². The fraction of sp³-hybridized carbons (Fsp3) is 0.520. The first-order chi connectivity index (χ1) is 17.2. The number of benzene rings is 1. The van der Waals surface area contributed by atoms with Crippen LogP contribution in [0.3, 0.4) is 0 Å². The molecular weight excluding hydrogens is 491 g/mol. The van der Waals surface area contributed by atoms with E-state index < -0.39 is 47.0 Å². The lowest BCUT2D eigenvalue weighted by atomic mass is 9.87. The van der Waals surface area contributed by atoms with Gasteiger partial charge in [0.2, 0.25) is 11.8 Å². The Morgan fingerprint density at radius 3 is 2.49 bits per heavy atom. The Morgan fingerprint density at radius 1 is 1.24 bits per heavy atom. The number of ether oxygens (including phenoxy) is 1. The minimum absolute atomic E-state index is 0.0682. The second-order valence-corrected chi connectivity index (χ2v) is 10.3. The highest BCUT2D eigenvalue weighted by Crippen LogP contribution is 2.38. The number of fused-ring (bicyclic) bond motifs is 1. The minimum atomic E-state index is -4.67. The highest BCUT2D eigenvalue weighted by Gasteiger charge is 2.35. The number of nitrogens with zero attached hydrogens (tertiary/aromatic N) is 1. The van der Waals surface area contributed by atoms with Crippen LogP contribution in [0.2, 0.25) is 0 Å². The summed E-state index contributed by atoms with van der Waals surface area (Å²) in [4.78, 5) is 40.6. The fourth-order valence-electron chi connectivity index (χ4n) is 4.36. The number of alkyl halides is 3. The van der Waals surface area contributed by atoms with Crippen molar-refractivity contribution in [1.29, 1.82) is 5.26 Å². The maximum atomic E-state index is 13.5. The number of hydrogen-bond donors (Lipinski definition) is 4. The van der Waals surface area contributed by atoms with Crippen LogP contribution in [0.5, 0.6) is 5.75 Å². The zero-order chi connectivity index (χ0) is 27.5. The molecule has 37 heavy (non-hydrogen) atoms. The van der Waals surface area contributed by atoms with Crippen LogP contribution in [-0.4, -0.2) is 48.4 Å². The number of hydrogen-bond acceptors (Lipinski definition) is 5. The number of amides is 3. The van der Waals surface area contributed by atoms with E-state index >= 15 is 0 Å². The Balaban J connectivity index is 1.84. The van der Waals surface area contributed by atoms with Gasteiger partial charge in [-0.25, -0.2) is 0 Å². The van der Waals surface area contributed by atoms with Crippen LogP contribution >= 0.6 is 0 Å². The number of carbonyl (C=O) groups excluding carboxylic acids is 3. The van der Waals surface area contributed by atoms with Gasteiger partial charge in [-0.05, 0) is 42.9 Å². The molecule has 0 radical (unpaired) electrons. The molecule has 12 heteroatoms. The van der Waals surface area contributed by atoms with E-state index in [1.807, 2.05) is 26.8 Å². The molecule has 0 bridgehead atoms. The van der Waals surface area contributed by atoms with E-state index in [1.165, 1.54) is 19.2 Å². The standard InChI is InChI=1S/C25H30F3N5O4/c1-24(2,3)11-18(23(36)31-14(12-29)9-13-7-8-30-21(13)34)33-22(35)17-10-15-19(37-4)6-5-16(20(15)32-17)25(26,27)28/h5-6,10,13-14,18,32H,7-9,11H2,1-4H3,(H,30,34)(H,31,36)(H,33,35)/t13-,14-,18-/m0/s1. The molecule has 2 heterocycles. The normalized spacial score (nSPS) is 17.6. The maximum Gasteiger partial charge on any atom is 0.418 e. The van der Waals surface area contributed by atoms with Crippen LogP contribution in [0.25, 0.3) is 10.9 Å². The number of halogens is 3. The lowest BCUT2D eigenvalue weighted by Crippen LogP contribution is -2.51. The monoisotopic (exact) mass is 521 g/mol. The first-order valence-corrected chi connectivity index (χ1v) is 11.8. The van der Waals surface area contributed by atoms with E-state index in [4.69, 9.17) is 4.74 Å². The van der Waals surface area contributed by atoms with Gasteiger partial charge in [-0.1, -0.05) is 20.8 Å². The van der Waals surface area contributed by atoms with Gasteiger partial charge < -0.3 is 25.7 Å². The van der Waals surface area contributed by atoms with Gasteiger partial charge in [0.1, 0.15) is 23.5 Å². The average Bonchev–Trinajstić information content (AvgIpc) is 3.42. The number of methoxy groups -OCH3 is 1. The summed E-state index contributed by atoms with van der Waals surface area (Å²) in [6.07, 6.45) is -3.80. The number of H-pyrrole nitrogens is 1. The molecule has 2 aromatic rings. The van der Waals surface area contributed by atoms with Gasteiger partial charge >= 0.3 is 6.18 Å². The Bertz CT molecular complexity index is 1230. The quantitative estimate of drug-likeness (QED) is 0.423. The number of aromatic amines is 1. The predicted molar refractivity (Wildman–Crippen MR) is 128 cm³/mol. The second-order valence-electron chi connectivity index (χ2n) is 10.3. The molecule has 0 unspecified atom stereocenters. The SMILES string of the molecule is COc1ccc(C(F)(F)F)c2[nH]c(C(=O)N[C@@H](CC(C)(C)C)C(=O)N[C@H](C#N)C[C@@H]3CCNC3=O)cc12. The highest BCUT2D eigenvalue weighted by molar-refractivity contribution is 6.02. The van der Waals surface area contributed by atoms with Gasteiger partial charge in [-0.15, -0.1) is 0 Å². The van der Waals surface area contributed by atoms with E-state index in [0.29, 0.717) is 13.0 Å². The van der Waals surface area contributed by atoms with Crippen molar-refractivity contribution >= 4 is 28.6 Å². The van der Waals surface area contributed by atoms with Crippen molar-refractivity contribution in [3.8, 4) is 11.8 Å². The van der Waals surface area contributed by atoms with Crippen molar-refractivity contribution in [2.45, 2.75) is 58.3 Å². The Hall–Kier alpha value is -3.75. The molecule has 3 atom stereocenters. The topological polar surface area (TPSA) is 136 Å². The lowest BCUT2D eigenvalue weighted by molar-refractivity contribution is -0.136. The second kappa shape index (κ2) is 10.7. The van der Waals surface area contributed by atoms with Crippen LogP contribution < -0.4 is 20.7 Å². The third kappa shape index (κ3) is 6.72. The van der Waals surface area contributed by atoms with Crippen LogP contribution in [0.15, 0.2) is 18.2 Å². The smallest absolute Gasteiger partial charge is 0.418 e. The fourth-order valence-corrected chi connectivity index (χ4v) is 4.36. The van der Waals surface area contributed by atoms with Crippen LogP contribution in [0.4, 0.5) is 13.2 Å². The molecule has 4 N–H and O–H groups in total. The van der Waals surface area contributed by atoms with E-state index in [2.05, 4.69) is 20.9 Å². The zero-order valence-corrected chi connectivity index (χ0v) is 21.0. The molecule has 0 spiro atoms. The van der Waals surface area contributed by atoms with Crippen molar-refractivity contribution in [3.63, 3.8) is 0 Å². The molecule has 1 fully saturated rings. The third-order valence-corrected chi connectivity index (χ3v) is 6.12. The Morgan fingerprint density at radius 2 is 1.95 bits per heavy atom. The molecular formula is C25H30F3N5O4. The van der Waals surface area contributed by atoms with E-state index in [-0.39, 0.29) is 41.1 Å². The molecule has 1 aliphatic rings. The number of rotatable bonds is 8. The lowest BCUT2D eigenvalue weighted by Gasteiger charge is -2.27. The molecule has 9 nitrogen and oxygen atoms in total. The van der Waals surface area contributed by atoms with E-state index in [0.717, 1.165) is 6.07 Å². The minimum Gasteiger partial charge on any atom is -0.496 e. The zero-order valence-electron chi connectivity index (χ0n) is 21.0. The van der Waals surface area contributed by atoms with Crippen molar-refractivity contribution in [2.24, 2.45) is 11.3 Å². The summed E-state index contributed by atoms with van der Waals surface area (Å²) in [5, 5.41) is 17.5. The van der Waals surface area contributed by atoms with Gasteiger partial charge in [0, 0.05) is 17.8 Å². The average molecular weight is 522 g/mol. The predicted octanol–water partition coefficient (Wildman–Crippen LogP) is 3.26. The number of nitrogens with one attached hydrogen (secondary N) is 4. The molecule has 1 aromatic carbocycles. The largest absolute Gasteiger partial charge is 0.496 e. The van der Waals surface area contributed by atoms with Crippen molar-refractivity contribution in [2.75, 3.05) is 13.7 Å². The summed E-state index contributed by atoms with van der Waals surface area (Å²) in [5.74, 6) is -1.85. The number of aromatic nitrogens is 1. The third-order valence-electron chi connectivity index (χ3n) is 6.12. The van der Waals surface area contributed by atoms with Gasteiger partial charge in [-0.3, -0.25) is 14.4 Å². The summed E-state index contributed by atoms with van der Waals surface area (Å²) >= 11 is 0. The van der Waals surface area contributed by atoms with Crippen LogP contribution in [0.1, 0.15) is 56.1 Å². The molecule has 1 aliphatic heterocycles. The summed E-state index contributed by atoms with van der Waals surface area (Å²) in [6.45, 7) is 6.07. The first kappa shape index (κ1) is 27.8. The van der Waals surface area contributed by atoms with Gasteiger partial charge in [-0.2, -0.15) is 18.4 Å². The molecule has 200 valence electrons. The Labute approximate surface area is 212 Å². The van der Waals surface area contributed by atoms with Crippen LogP contribution in [0, 0.1) is 22.7 Å². The van der Waals surface area contributed by atoms with Gasteiger partial charge in [0.15, 0.2) is 0 Å². The van der Waals surface area contributed by atoms with Crippen molar-refractivity contribution in [3.05, 3.63) is 29.5 Å². The van der Waals surface area contributed by atoms with Crippen LogP contribution in [-0.2, 0) is 15.8 Å². The van der Waals surface area contributed by atoms with E-state index in [1.54, 1.807) is 0 Å². The summed E-state index contributed by atoms with van der Waals surface area (Å²) in [6, 6.07) is 3.21. The van der Waals surface area contributed by atoms with Gasteiger partial charge in [0.25, 0.3) is 5.91 Å². The van der Waals surface area contributed by atoms with Crippen molar-refractivity contribution < 1.29 is 32.3 Å². The molecule has 3 amide bonds. The molecule has 1 saturated heterocycles. The molecule has 3 rings (SSSR count). The number of nitriles is 1. The Kier molecular flexibility index (Phi) is 8.05. The molecule has 1 aromatic heterocycles. The molecule has 0 aliphatic carbocycles. The maximum absolute atomic E-state index is 13.5. The summed E-state index contributed by atoms with van der Waals surface area (Å²) < 4.78 is 45.7. The summed E-state index contributed by atoms with van der Waals surface area (Å²) in [5.41, 5.74) is -1.88. The first-order valence-electron chi connectivity index (χ1n) is 11.8. The number of carbonyl (C=O) groups is 3. The summed E-state index contributed by atoms with van der Waals surface area (Å²) in [7, 11) is 1.30. The highest BCUT2D eigenvalue weighted by atomic mass is 19.4.